The van der Waals surface area contributed by atoms with Crippen LogP contribution >= 0.6 is 0 Å². The van der Waals surface area contributed by atoms with E-state index in [1.807, 2.05) is 6.07 Å². The van der Waals surface area contributed by atoms with E-state index in [1.165, 1.54) is 5.56 Å². The molecule has 0 saturated heterocycles. The van der Waals surface area contributed by atoms with Crippen LogP contribution in [0, 0.1) is 0 Å². The fourth-order valence-corrected chi connectivity index (χ4v) is 2.93. The largest absolute Gasteiger partial charge is 0.390 e. The first-order valence-electron chi connectivity index (χ1n) is 8.23. The van der Waals surface area contributed by atoms with Crippen molar-refractivity contribution in [1.82, 2.24) is 0 Å². The normalized spacial score (nSPS) is 25.9. The maximum Gasteiger partial charge on any atom is 0.0840 e. The molecule has 1 saturated carbocycles. The van der Waals surface area contributed by atoms with Gasteiger partial charge in [0.25, 0.3) is 0 Å². The number of hydrogen-bond donors (Lipinski definition) is 1. The highest BCUT2D eigenvalue weighted by Crippen LogP contribution is 2.34. The highest BCUT2D eigenvalue weighted by Gasteiger charge is 2.30. The third-order valence-corrected chi connectivity index (χ3v) is 4.23. The Labute approximate surface area is 128 Å². The minimum absolute atomic E-state index is 0.0567. The lowest BCUT2D eigenvalue weighted by atomic mass is 9.81. The van der Waals surface area contributed by atoms with Gasteiger partial charge in [0.05, 0.1) is 25.4 Å². The average molecular weight is 292 g/mol. The zero-order valence-corrected chi connectivity index (χ0v) is 13.0. The third kappa shape index (κ3) is 5.42. The van der Waals surface area contributed by atoms with E-state index >= 15 is 0 Å². The smallest absolute Gasteiger partial charge is 0.0840 e. The van der Waals surface area contributed by atoms with Gasteiger partial charge >= 0.3 is 0 Å². The van der Waals surface area contributed by atoms with Gasteiger partial charge in [-0.15, -0.1) is 0 Å². The first-order chi connectivity index (χ1) is 10.3. The first kappa shape index (κ1) is 16.5. The van der Waals surface area contributed by atoms with Crippen molar-refractivity contribution in [1.29, 1.82) is 0 Å². The second kappa shape index (κ2) is 9.19. The van der Waals surface area contributed by atoms with Gasteiger partial charge in [-0.1, -0.05) is 43.7 Å². The van der Waals surface area contributed by atoms with Crippen molar-refractivity contribution in [2.45, 2.75) is 57.2 Å². The molecule has 21 heavy (non-hydrogen) atoms. The Morgan fingerprint density at radius 1 is 1.10 bits per heavy atom. The standard InChI is InChI=1S/C18H28O3/c1-2-3-11-20-12-13-21-18-14-16(9-10-17(18)19)15-7-5-4-6-8-15/h4-8,16-19H,2-3,9-14H2,1H3. The van der Waals surface area contributed by atoms with E-state index in [-0.39, 0.29) is 12.2 Å². The van der Waals surface area contributed by atoms with E-state index in [1.54, 1.807) is 0 Å². The van der Waals surface area contributed by atoms with Gasteiger partial charge in [0, 0.05) is 6.61 Å². The lowest BCUT2D eigenvalue weighted by Crippen LogP contribution is -2.36. The Kier molecular flexibility index (Phi) is 7.20. The average Bonchev–Trinajstić information content (AvgIpc) is 2.53. The summed E-state index contributed by atoms with van der Waals surface area (Å²) in [6.45, 7) is 4.16. The monoisotopic (exact) mass is 292 g/mol. The highest BCUT2D eigenvalue weighted by atomic mass is 16.5. The van der Waals surface area contributed by atoms with Gasteiger partial charge in [0.2, 0.25) is 0 Å². The number of unbranched alkanes of at least 4 members (excludes halogenated alkanes) is 1. The summed E-state index contributed by atoms with van der Waals surface area (Å²) in [4.78, 5) is 0. The molecule has 1 fully saturated rings. The van der Waals surface area contributed by atoms with Crippen LogP contribution in [0.4, 0.5) is 0 Å². The molecule has 0 heterocycles. The summed E-state index contributed by atoms with van der Waals surface area (Å²) in [6, 6.07) is 10.6. The van der Waals surface area contributed by atoms with Crippen molar-refractivity contribution < 1.29 is 14.6 Å². The maximum atomic E-state index is 10.1. The number of aliphatic hydroxyl groups excluding tert-OH is 1. The molecule has 3 atom stereocenters. The van der Waals surface area contributed by atoms with E-state index in [0.29, 0.717) is 19.1 Å². The lowest BCUT2D eigenvalue weighted by Gasteiger charge is -2.33. The van der Waals surface area contributed by atoms with E-state index in [9.17, 15) is 5.11 Å². The predicted octanol–water partition coefficient (Wildman–Crippen LogP) is 3.52. The molecule has 1 aromatic carbocycles. The number of rotatable bonds is 8. The molecule has 2 rings (SSSR count). The van der Waals surface area contributed by atoms with Crippen LogP contribution in [0.1, 0.15) is 50.5 Å². The summed E-state index contributed by atoms with van der Waals surface area (Å²) in [5.74, 6) is 0.501. The molecule has 3 unspecified atom stereocenters. The quantitative estimate of drug-likeness (QED) is 0.745. The summed E-state index contributed by atoms with van der Waals surface area (Å²) in [5, 5.41) is 10.1. The molecule has 3 heteroatoms. The maximum absolute atomic E-state index is 10.1. The Morgan fingerprint density at radius 3 is 2.67 bits per heavy atom. The van der Waals surface area contributed by atoms with Crippen molar-refractivity contribution in [2.75, 3.05) is 19.8 Å². The van der Waals surface area contributed by atoms with E-state index in [0.717, 1.165) is 38.7 Å². The van der Waals surface area contributed by atoms with Gasteiger partial charge in [0.15, 0.2) is 0 Å². The highest BCUT2D eigenvalue weighted by molar-refractivity contribution is 5.20. The molecule has 1 aromatic rings. The molecule has 0 radical (unpaired) electrons. The molecular formula is C18H28O3. The molecule has 1 aliphatic rings. The molecule has 0 aliphatic heterocycles. The SMILES string of the molecule is CCCCOCCOC1CC(c2ccccc2)CCC1O. The Balaban J connectivity index is 1.74. The molecule has 118 valence electrons. The van der Waals surface area contributed by atoms with Gasteiger partial charge in [-0.25, -0.2) is 0 Å². The second-order valence-electron chi connectivity index (χ2n) is 5.86. The third-order valence-electron chi connectivity index (χ3n) is 4.23. The summed E-state index contributed by atoms with van der Waals surface area (Å²) in [5.41, 5.74) is 1.36. The van der Waals surface area contributed by atoms with E-state index in [2.05, 4.69) is 31.2 Å². The van der Waals surface area contributed by atoms with Crippen LogP contribution in [-0.2, 0) is 9.47 Å². The molecule has 3 nitrogen and oxygen atoms in total. The van der Waals surface area contributed by atoms with Crippen LogP contribution in [0.5, 0.6) is 0 Å². The van der Waals surface area contributed by atoms with E-state index < -0.39 is 0 Å². The Bertz CT molecular complexity index is 379. The van der Waals surface area contributed by atoms with Gasteiger partial charge in [-0.2, -0.15) is 0 Å². The van der Waals surface area contributed by atoms with Gasteiger partial charge < -0.3 is 14.6 Å². The van der Waals surface area contributed by atoms with Gasteiger partial charge in [-0.05, 0) is 37.2 Å². The fraction of sp³-hybridized carbons (Fsp3) is 0.667. The Morgan fingerprint density at radius 2 is 1.90 bits per heavy atom. The fourth-order valence-electron chi connectivity index (χ4n) is 2.93. The molecule has 0 bridgehead atoms. The number of hydrogen-bond acceptors (Lipinski definition) is 3. The van der Waals surface area contributed by atoms with Crippen molar-refractivity contribution in [3.63, 3.8) is 0 Å². The molecular weight excluding hydrogens is 264 g/mol. The number of aliphatic hydroxyl groups is 1. The Hall–Kier alpha value is -0.900. The minimum Gasteiger partial charge on any atom is -0.390 e. The lowest BCUT2D eigenvalue weighted by molar-refractivity contribution is -0.0775. The van der Waals surface area contributed by atoms with Crippen molar-refractivity contribution >= 4 is 0 Å². The first-order valence-corrected chi connectivity index (χ1v) is 8.23. The second-order valence-corrected chi connectivity index (χ2v) is 5.86. The summed E-state index contributed by atoms with van der Waals surface area (Å²) in [7, 11) is 0. The molecule has 1 N–H and O–H groups in total. The van der Waals surface area contributed by atoms with Crippen LogP contribution in [0.15, 0.2) is 30.3 Å². The molecule has 0 aromatic heterocycles. The summed E-state index contributed by atoms with van der Waals surface area (Å²) < 4.78 is 11.4. The van der Waals surface area contributed by atoms with Crippen LogP contribution in [-0.4, -0.2) is 37.1 Å². The number of benzene rings is 1. The summed E-state index contributed by atoms with van der Waals surface area (Å²) >= 11 is 0. The zero-order valence-electron chi connectivity index (χ0n) is 13.0. The number of ether oxygens (including phenoxy) is 2. The zero-order chi connectivity index (χ0) is 14.9. The molecule has 1 aliphatic carbocycles. The van der Waals surface area contributed by atoms with Crippen molar-refractivity contribution in [2.24, 2.45) is 0 Å². The molecule has 0 spiro atoms. The van der Waals surface area contributed by atoms with Gasteiger partial charge in [0.1, 0.15) is 0 Å². The van der Waals surface area contributed by atoms with Crippen LogP contribution in [0.2, 0.25) is 0 Å². The molecule has 0 amide bonds. The van der Waals surface area contributed by atoms with Gasteiger partial charge in [-0.3, -0.25) is 0 Å². The predicted molar refractivity (Wildman–Crippen MR) is 84.5 cm³/mol. The minimum atomic E-state index is -0.333. The van der Waals surface area contributed by atoms with E-state index in [4.69, 9.17) is 9.47 Å². The topological polar surface area (TPSA) is 38.7 Å². The van der Waals surface area contributed by atoms with Crippen molar-refractivity contribution in [3.8, 4) is 0 Å². The van der Waals surface area contributed by atoms with Crippen LogP contribution in [0.25, 0.3) is 0 Å². The van der Waals surface area contributed by atoms with Crippen molar-refractivity contribution in [3.05, 3.63) is 35.9 Å². The summed E-state index contributed by atoms with van der Waals surface area (Å²) in [6.07, 6.45) is 4.63. The van der Waals surface area contributed by atoms with Crippen LogP contribution in [0.3, 0.4) is 0 Å². The van der Waals surface area contributed by atoms with Crippen LogP contribution < -0.4 is 0 Å².